The van der Waals surface area contributed by atoms with E-state index in [2.05, 4.69) is 0 Å². The minimum Gasteiger partial charge on any atom is -0.631 e. The average Bonchev–Trinajstić information content (AvgIpc) is 2.49. The molecule has 6 N–H and O–H groups in total. The summed E-state index contributed by atoms with van der Waals surface area (Å²) in [5.41, 5.74) is 16.4. The molecule has 0 fully saturated rings. The number of hydrogen-bond donors (Lipinski definition) is 3. The van der Waals surface area contributed by atoms with Crippen molar-refractivity contribution in [1.82, 2.24) is 0 Å². The molecule has 0 aliphatic rings. The van der Waals surface area contributed by atoms with Crippen LogP contribution >= 0.6 is 0 Å². The Morgan fingerprint density at radius 1 is 0.750 bits per heavy atom. The SMILES string of the molecule is NCCO[Si-](OCCN)(OCCN)Oc1ccccc1. The highest BCUT2D eigenvalue weighted by Crippen LogP contribution is 2.18. The number of para-hydroxylation sites is 1. The molecule has 0 saturated heterocycles. The Morgan fingerprint density at radius 3 is 1.60 bits per heavy atom. The molecule has 7 nitrogen and oxygen atoms in total. The maximum Gasteiger partial charge on any atom is 0.519 e. The molecule has 0 amide bonds. The van der Waals surface area contributed by atoms with E-state index >= 15 is 0 Å². The Labute approximate surface area is 120 Å². The van der Waals surface area contributed by atoms with Crippen molar-refractivity contribution in [3.05, 3.63) is 30.3 Å². The Morgan fingerprint density at radius 2 is 1.20 bits per heavy atom. The standard InChI is InChI=1S/C12H23N3O4Si/c13-6-9-16-20(17-10-7-14,18-11-8-15)19-12-4-2-1-3-5-12/h1-5H,6-11,13-15H2/q-1. The molecule has 0 bridgehead atoms. The van der Waals surface area contributed by atoms with Gasteiger partial charge in [0, 0.05) is 39.5 Å². The van der Waals surface area contributed by atoms with Crippen LogP contribution in [0.1, 0.15) is 0 Å². The van der Waals surface area contributed by atoms with Gasteiger partial charge in [0.1, 0.15) is 0 Å². The summed E-state index contributed by atoms with van der Waals surface area (Å²) in [7, 11) is -3.34. The first-order valence-electron chi connectivity index (χ1n) is 6.52. The van der Waals surface area contributed by atoms with Gasteiger partial charge in [0.05, 0.1) is 5.75 Å². The number of nitrogens with two attached hydrogens (primary N) is 3. The van der Waals surface area contributed by atoms with Crippen LogP contribution in [-0.4, -0.2) is 48.5 Å². The lowest BCUT2D eigenvalue weighted by molar-refractivity contribution is 0.00555. The molecule has 8 heteroatoms. The predicted octanol–water partition coefficient (Wildman–Crippen LogP) is -0.573. The fourth-order valence-corrected chi connectivity index (χ4v) is 3.35. The summed E-state index contributed by atoms with van der Waals surface area (Å²) < 4.78 is 22.7. The fourth-order valence-electron chi connectivity index (χ4n) is 1.40. The molecule has 0 saturated carbocycles. The van der Waals surface area contributed by atoms with E-state index in [1.165, 1.54) is 0 Å². The van der Waals surface area contributed by atoms with Crippen molar-refractivity contribution in [2.45, 2.75) is 0 Å². The van der Waals surface area contributed by atoms with Gasteiger partial charge in [-0.2, -0.15) is 0 Å². The molecule has 0 spiro atoms. The van der Waals surface area contributed by atoms with Gasteiger partial charge in [-0.3, -0.25) is 0 Å². The quantitative estimate of drug-likeness (QED) is 0.469. The molecule has 0 unspecified atom stereocenters. The lowest BCUT2D eigenvalue weighted by atomic mass is 10.3. The summed E-state index contributed by atoms with van der Waals surface area (Å²) in [6.45, 7) is 1.83. The first kappa shape index (κ1) is 17.0. The lowest BCUT2D eigenvalue weighted by Crippen LogP contribution is -2.54. The van der Waals surface area contributed by atoms with Gasteiger partial charge in [-0.05, 0) is 12.1 Å². The summed E-state index contributed by atoms with van der Waals surface area (Å²) in [6.07, 6.45) is 0. The van der Waals surface area contributed by atoms with E-state index in [9.17, 15) is 0 Å². The molecular formula is C12H23N3O4Si-. The third kappa shape index (κ3) is 5.97. The number of hydrogen-bond acceptors (Lipinski definition) is 7. The topological polar surface area (TPSA) is 115 Å². The summed E-state index contributed by atoms with van der Waals surface area (Å²) in [5.74, 6) is 0.602. The van der Waals surface area contributed by atoms with Crippen LogP contribution in [0.5, 0.6) is 5.75 Å². The van der Waals surface area contributed by atoms with Crippen LogP contribution in [0.25, 0.3) is 0 Å². The van der Waals surface area contributed by atoms with Crippen molar-refractivity contribution in [2.75, 3.05) is 39.5 Å². The molecular weight excluding hydrogens is 278 g/mol. The highest BCUT2D eigenvalue weighted by atomic mass is 28.4. The van der Waals surface area contributed by atoms with Crippen molar-refractivity contribution in [3.8, 4) is 5.75 Å². The maximum atomic E-state index is 5.81. The Kier molecular flexibility index (Phi) is 8.38. The number of benzene rings is 1. The zero-order valence-corrected chi connectivity index (χ0v) is 12.5. The molecule has 0 aliphatic heterocycles. The van der Waals surface area contributed by atoms with Gasteiger partial charge < -0.3 is 34.9 Å². The van der Waals surface area contributed by atoms with Gasteiger partial charge in [-0.25, -0.2) is 0 Å². The van der Waals surface area contributed by atoms with E-state index in [0.717, 1.165) is 0 Å². The normalized spacial score (nSPS) is 11.6. The van der Waals surface area contributed by atoms with E-state index in [-0.39, 0.29) is 19.8 Å². The van der Waals surface area contributed by atoms with Gasteiger partial charge in [0.2, 0.25) is 0 Å². The summed E-state index contributed by atoms with van der Waals surface area (Å²) >= 11 is 0. The van der Waals surface area contributed by atoms with Crippen LogP contribution in [0, 0.1) is 0 Å². The molecule has 0 aliphatic carbocycles. The third-order valence-electron chi connectivity index (χ3n) is 2.18. The van der Waals surface area contributed by atoms with Crippen LogP contribution in [0.15, 0.2) is 30.3 Å². The van der Waals surface area contributed by atoms with Crippen molar-refractivity contribution in [1.29, 1.82) is 0 Å². The van der Waals surface area contributed by atoms with Gasteiger partial charge >= 0.3 is 9.05 Å². The molecule has 0 heterocycles. The second-order valence-corrected chi connectivity index (χ2v) is 5.90. The zero-order valence-electron chi connectivity index (χ0n) is 11.5. The molecule has 0 atom stereocenters. The fraction of sp³-hybridized carbons (Fsp3) is 0.500. The first-order valence-corrected chi connectivity index (χ1v) is 8.16. The highest BCUT2D eigenvalue weighted by Gasteiger charge is 2.31. The largest absolute Gasteiger partial charge is 0.631 e. The Hall–Kier alpha value is -1.00. The van der Waals surface area contributed by atoms with Gasteiger partial charge in [-0.1, -0.05) is 18.2 Å². The summed E-state index contributed by atoms with van der Waals surface area (Å²) in [6, 6.07) is 9.18. The molecule has 1 aromatic carbocycles. The van der Waals surface area contributed by atoms with Crippen LogP contribution in [0.2, 0.25) is 0 Å². The van der Waals surface area contributed by atoms with Crippen molar-refractivity contribution < 1.29 is 17.7 Å². The molecule has 0 aromatic heterocycles. The zero-order chi connectivity index (χ0) is 14.7. The van der Waals surface area contributed by atoms with E-state index in [0.29, 0.717) is 25.4 Å². The van der Waals surface area contributed by atoms with Crippen LogP contribution in [0.3, 0.4) is 0 Å². The monoisotopic (exact) mass is 301 g/mol. The number of rotatable bonds is 11. The molecule has 20 heavy (non-hydrogen) atoms. The third-order valence-corrected chi connectivity index (χ3v) is 4.33. The van der Waals surface area contributed by atoms with E-state index < -0.39 is 9.05 Å². The van der Waals surface area contributed by atoms with Crippen molar-refractivity contribution >= 4 is 9.05 Å². The molecule has 0 radical (unpaired) electrons. The maximum absolute atomic E-state index is 5.81. The average molecular weight is 301 g/mol. The summed E-state index contributed by atoms with van der Waals surface area (Å²) in [4.78, 5) is 0. The van der Waals surface area contributed by atoms with Gasteiger partial charge in [0.15, 0.2) is 0 Å². The second-order valence-electron chi connectivity index (χ2n) is 3.83. The lowest BCUT2D eigenvalue weighted by Gasteiger charge is -2.42. The minimum absolute atomic E-state index is 0.272. The minimum atomic E-state index is -3.34. The van der Waals surface area contributed by atoms with Gasteiger partial charge in [0.25, 0.3) is 0 Å². The van der Waals surface area contributed by atoms with E-state index in [1.54, 1.807) is 12.1 Å². The van der Waals surface area contributed by atoms with Crippen molar-refractivity contribution in [2.24, 2.45) is 17.2 Å². The predicted molar refractivity (Wildman–Crippen MR) is 77.8 cm³/mol. The smallest absolute Gasteiger partial charge is 0.519 e. The van der Waals surface area contributed by atoms with Crippen LogP contribution < -0.4 is 21.6 Å². The molecule has 115 valence electrons. The van der Waals surface area contributed by atoms with E-state index in [4.69, 9.17) is 34.9 Å². The van der Waals surface area contributed by atoms with Crippen LogP contribution in [0.4, 0.5) is 0 Å². The van der Waals surface area contributed by atoms with Crippen LogP contribution in [-0.2, 0) is 13.3 Å². The molecule has 1 aromatic rings. The highest BCUT2D eigenvalue weighted by molar-refractivity contribution is 6.54. The first-order chi connectivity index (χ1) is 9.76. The van der Waals surface area contributed by atoms with Crippen molar-refractivity contribution in [3.63, 3.8) is 0 Å². The van der Waals surface area contributed by atoms with E-state index in [1.807, 2.05) is 18.2 Å². The Bertz CT molecular complexity index is 334. The summed E-state index contributed by atoms with van der Waals surface area (Å²) in [5, 5.41) is 0. The Balaban J connectivity index is 2.81. The second kappa shape index (κ2) is 9.83. The molecule has 1 rings (SSSR count). The van der Waals surface area contributed by atoms with Gasteiger partial charge in [-0.15, -0.1) is 0 Å².